The molecule has 3 aromatic carbocycles. The summed E-state index contributed by atoms with van der Waals surface area (Å²) in [5.41, 5.74) is 5.90. The molecular formula is C29H31NO3. The van der Waals surface area contributed by atoms with E-state index in [-0.39, 0.29) is 12.0 Å². The van der Waals surface area contributed by atoms with Crippen molar-refractivity contribution in [3.8, 4) is 11.1 Å². The number of amides is 1. The molecule has 5 rings (SSSR count). The molecule has 4 nitrogen and oxygen atoms in total. The van der Waals surface area contributed by atoms with E-state index in [1.54, 1.807) is 0 Å². The predicted octanol–water partition coefficient (Wildman–Crippen LogP) is 6.02. The van der Waals surface area contributed by atoms with Crippen LogP contribution in [0.25, 0.3) is 11.1 Å². The Balaban J connectivity index is 1.18. The first kappa shape index (κ1) is 21.7. The minimum atomic E-state index is -0.459. The van der Waals surface area contributed by atoms with Crippen molar-refractivity contribution in [3.63, 3.8) is 0 Å². The number of piperidine rings is 1. The number of fused-ring (bicyclic) bond motifs is 3. The van der Waals surface area contributed by atoms with Crippen LogP contribution in [0.4, 0.5) is 4.79 Å². The van der Waals surface area contributed by atoms with Crippen molar-refractivity contribution < 1.29 is 14.6 Å². The molecule has 170 valence electrons. The van der Waals surface area contributed by atoms with E-state index >= 15 is 0 Å². The van der Waals surface area contributed by atoms with E-state index in [9.17, 15) is 9.90 Å². The summed E-state index contributed by atoms with van der Waals surface area (Å²) in [4.78, 5) is 14.8. The highest BCUT2D eigenvalue weighted by Crippen LogP contribution is 2.44. The van der Waals surface area contributed by atoms with Gasteiger partial charge in [0, 0.05) is 19.0 Å². The monoisotopic (exact) mass is 441 g/mol. The minimum Gasteiger partial charge on any atom is -0.448 e. The standard InChI is InChI=1S/C29H31NO3/c1-20-18-30(16-15-22(20)17-28(31)21-9-3-2-4-10-21)29(32)33-19-27-25-13-7-5-11-23(25)24-12-6-8-14-26(24)27/h2-14,20,22,27-28,31H,15-19H2,1H3/t20-,22+,28-/m0/s1. The highest BCUT2D eigenvalue weighted by Gasteiger charge is 2.33. The topological polar surface area (TPSA) is 49.8 Å². The van der Waals surface area contributed by atoms with Crippen molar-refractivity contribution in [3.05, 3.63) is 95.6 Å². The van der Waals surface area contributed by atoms with Gasteiger partial charge in [-0.25, -0.2) is 4.79 Å². The number of nitrogens with zero attached hydrogens (tertiary/aromatic N) is 1. The zero-order valence-electron chi connectivity index (χ0n) is 19.1. The molecule has 2 aliphatic rings. The van der Waals surface area contributed by atoms with E-state index < -0.39 is 6.10 Å². The van der Waals surface area contributed by atoms with Gasteiger partial charge in [0.05, 0.1) is 6.10 Å². The largest absolute Gasteiger partial charge is 0.448 e. The first-order chi connectivity index (χ1) is 16.1. The Morgan fingerprint density at radius 3 is 2.21 bits per heavy atom. The van der Waals surface area contributed by atoms with Crippen molar-refractivity contribution >= 4 is 6.09 Å². The van der Waals surface area contributed by atoms with E-state index in [0.717, 1.165) is 18.4 Å². The summed E-state index contributed by atoms with van der Waals surface area (Å²) in [5, 5.41) is 10.6. The zero-order valence-corrected chi connectivity index (χ0v) is 19.1. The molecule has 0 saturated carbocycles. The van der Waals surface area contributed by atoms with Crippen LogP contribution in [-0.4, -0.2) is 35.8 Å². The zero-order chi connectivity index (χ0) is 22.8. The molecule has 1 heterocycles. The van der Waals surface area contributed by atoms with Crippen molar-refractivity contribution in [2.24, 2.45) is 11.8 Å². The highest BCUT2D eigenvalue weighted by atomic mass is 16.6. The molecule has 33 heavy (non-hydrogen) atoms. The summed E-state index contributed by atoms with van der Waals surface area (Å²) in [6, 6.07) is 26.6. The Bertz CT molecular complexity index is 1070. The normalized spacial score (nSPS) is 20.7. The van der Waals surface area contributed by atoms with Gasteiger partial charge in [0.1, 0.15) is 6.61 Å². The van der Waals surface area contributed by atoms with Crippen LogP contribution >= 0.6 is 0 Å². The van der Waals surface area contributed by atoms with Gasteiger partial charge >= 0.3 is 6.09 Å². The Hall–Kier alpha value is -3.11. The van der Waals surface area contributed by atoms with Crippen LogP contribution in [0.2, 0.25) is 0 Å². The maximum Gasteiger partial charge on any atom is 0.409 e. The third-order valence-electron chi connectivity index (χ3n) is 7.39. The van der Waals surface area contributed by atoms with Crippen molar-refractivity contribution in [1.29, 1.82) is 0 Å². The summed E-state index contributed by atoms with van der Waals surface area (Å²) < 4.78 is 5.85. The fraction of sp³-hybridized carbons (Fsp3) is 0.345. The molecule has 0 radical (unpaired) electrons. The average molecular weight is 442 g/mol. The Kier molecular flexibility index (Phi) is 6.19. The molecule has 1 saturated heterocycles. The quantitative estimate of drug-likeness (QED) is 0.527. The fourth-order valence-electron chi connectivity index (χ4n) is 5.49. The Morgan fingerprint density at radius 1 is 0.970 bits per heavy atom. The summed E-state index contributed by atoms with van der Waals surface area (Å²) in [6.07, 6.45) is 0.921. The first-order valence-electron chi connectivity index (χ1n) is 11.9. The Labute approximate surface area is 195 Å². The molecule has 0 bridgehead atoms. The second-order valence-corrected chi connectivity index (χ2v) is 9.44. The van der Waals surface area contributed by atoms with Crippen LogP contribution in [0, 0.1) is 11.8 Å². The number of aliphatic hydroxyl groups excluding tert-OH is 1. The lowest BCUT2D eigenvalue weighted by atomic mass is 9.82. The lowest BCUT2D eigenvalue weighted by Gasteiger charge is -2.37. The summed E-state index contributed by atoms with van der Waals surface area (Å²) >= 11 is 0. The van der Waals surface area contributed by atoms with E-state index in [2.05, 4.69) is 55.5 Å². The molecule has 1 N–H and O–H groups in total. The van der Waals surface area contributed by atoms with Crippen molar-refractivity contribution in [2.75, 3.05) is 19.7 Å². The number of aliphatic hydroxyl groups is 1. The number of likely N-dealkylation sites (tertiary alicyclic amines) is 1. The van der Waals surface area contributed by atoms with Crippen molar-refractivity contribution in [2.45, 2.75) is 31.8 Å². The number of carbonyl (C=O) groups is 1. The van der Waals surface area contributed by atoms with Gasteiger partial charge in [-0.3, -0.25) is 0 Å². The maximum absolute atomic E-state index is 12.9. The summed E-state index contributed by atoms with van der Waals surface area (Å²) in [6.45, 7) is 3.87. The molecule has 1 fully saturated rings. The van der Waals surface area contributed by atoms with Crippen LogP contribution in [-0.2, 0) is 4.74 Å². The Morgan fingerprint density at radius 2 is 1.58 bits per heavy atom. The third-order valence-corrected chi connectivity index (χ3v) is 7.39. The molecule has 1 amide bonds. The van der Waals surface area contributed by atoms with Crippen LogP contribution < -0.4 is 0 Å². The molecular weight excluding hydrogens is 410 g/mol. The lowest BCUT2D eigenvalue weighted by Crippen LogP contribution is -2.43. The highest BCUT2D eigenvalue weighted by molar-refractivity contribution is 5.79. The SMILES string of the molecule is C[C@H]1CN(C(=O)OCC2c3ccccc3-c3ccccc32)CC[C@@H]1C[C@H](O)c1ccccc1. The van der Waals surface area contributed by atoms with Crippen LogP contribution in [0.1, 0.15) is 48.5 Å². The molecule has 1 aliphatic carbocycles. The molecule has 4 heteroatoms. The summed E-state index contributed by atoms with van der Waals surface area (Å²) in [7, 11) is 0. The maximum atomic E-state index is 12.9. The summed E-state index contributed by atoms with van der Waals surface area (Å²) in [5.74, 6) is 0.785. The van der Waals surface area contributed by atoms with Crippen LogP contribution in [0.5, 0.6) is 0 Å². The van der Waals surface area contributed by atoms with Gasteiger partial charge in [0.15, 0.2) is 0 Å². The van der Waals surface area contributed by atoms with Gasteiger partial charge in [0.25, 0.3) is 0 Å². The molecule has 0 spiro atoms. The van der Waals surface area contributed by atoms with Crippen molar-refractivity contribution in [1.82, 2.24) is 4.90 Å². The van der Waals surface area contributed by atoms with Gasteiger partial charge in [-0.2, -0.15) is 0 Å². The lowest BCUT2D eigenvalue weighted by molar-refractivity contribution is 0.0536. The smallest absolute Gasteiger partial charge is 0.409 e. The van der Waals surface area contributed by atoms with Gasteiger partial charge in [-0.05, 0) is 52.5 Å². The third kappa shape index (κ3) is 4.40. The number of ether oxygens (including phenoxy) is 1. The number of carbonyl (C=O) groups excluding carboxylic acids is 1. The number of rotatable bonds is 5. The van der Waals surface area contributed by atoms with Gasteiger partial charge in [-0.1, -0.05) is 85.8 Å². The van der Waals surface area contributed by atoms with Crippen LogP contribution in [0.15, 0.2) is 78.9 Å². The fourth-order valence-corrected chi connectivity index (χ4v) is 5.49. The molecule has 0 aromatic heterocycles. The second-order valence-electron chi connectivity index (χ2n) is 9.44. The van der Waals surface area contributed by atoms with E-state index in [4.69, 9.17) is 4.74 Å². The van der Waals surface area contributed by atoms with Gasteiger partial charge < -0.3 is 14.7 Å². The second kappa shape index (κ2) is 9.40. The predicted molar refractivity (Wildman–Crippen MR) is 130 cm³/mol. The first-order valence-corrected chi connectivity index (χ1v) is 11.9. The van der Waals surface area contributed by atoms with E-state index in [1.807, 2.05) is 35.2 Å². The van der Waals surface area contributed by atoms with E-state index in [1.165, 1.54) is 22.3 Å². The molecule has 3 aromatic rings. The molecule has 1 aliphatic heterocycles. The van der Waals surface area contributed by atoms with Gasteiger partial charge in [-0.15, -0.1) is 0 Å². The number of hydrogen-bond acceptors (Lipinski definition) is 3. The minimum absolute atomic E-state index is 0.0809. The van der Waals surface area contributed by atoms with Gasteiger partial charge in [0.2, 0.25) is 0 Å². The number of benzene rings is 3. The number of hydrogen-bond donors (Lipinski definition) is 1. The van der Waals surface area contributed by atoms with Crippen LogP contribution in [0.3, 0.4) is 0 Å². The average Bonchev–Trinajstić information content (AvgIpc) is 3.18. The molecule has 0 unspecified atom stereocenters. The molecule has 3 atom stereocenters. The van der Waals surface area contributed by atoms with E-state index in [0.29, 0.717) is 31.5 Å².